The van der Waals surface area contributed by atoms with Crippen LogP contribution in [0.25, 0.3) is 0 Å². The van der Waals surface area contributed by atoms with Crippen LogP contribution in [0.5, 0.6) is 0 Å². The lowest BCUT2D eigenvalue weighted by Crippen LogP contribution is -2.14. The summed E-state index contributed by atoms with van der Waals surface area (Å²) in [6, 6.07) is 13.9. The Balaban J connectivity index is 2.40. The average molecular weight is 315 g/mol. The molecular weight excluding hydrogens is 294 g/mol. The van der Waals surface area contributed by atoms with Crippen LogP contribution in [0.1, 0.15) is 10.4 Å². The van der Waals surface area contributed by atoms with Gasteiger partial charge >= 0.3 is 0 Å². The van der Waals surface area contributed by atoms with E-state index in [4.69, 9.17) is 5.73 Å². The number of amides is 1. The van der Waals surface area contributed by atoms with Gasteiger partial charge in [-0.05, 0) is 36.4 Å². The molecule has 2 aromatic rings. The molecule has 0 radical (unpaired) electrons. The molecule has 2 aromatic carbocycles. The Morgan fingerprint density at radius 1 is 0.955 bits per heavy atom. The van der Waals surface area contributed by atoms with E-state index in [-0.39, 0.29) is 0 Å². The Labute approximate surface area is 135 Å². The summed E-state index contributed by atoms with van der Waals surface area (Å²) >= 11 is 1.55. The van der Waals surface area contributed by atoms with Crippen LogP contribution in [-0.4, -0.2) is 34.1 Å². The largest absolute Gasteiger partial charge is 0.378 e. The summed E-state index contributed by atoms with van der Waals surface area (Å²) in [4.78, 5) is 17.7. The molecule has 2 rings (SSSR count). The van der Waals surface area contributed by atoms with Gasteiger partial charge in [-0.2, -0.15) is 0 Å². The third-order valence-electron chi connectivity index (χ3n) is 3.31. The first-order valence-corrected chi connectivity index (χ1v) is 7.76. The van der Waals surface area contributed by atoms with Crippen molar-refractivity contribution in [2.75, 3.05) is 38.0 Å². The molecule has 0 atom stereocenters. The molecule has 0 aromatic heterocycles. The summed E-state index contributed by atoms with van der Waals surface area (Å²) in [5.74, 6) is -0.406. The Morgan fingerprint density at radius 3 is 2.18 bits per heavy atom. The fourth-order valence-corrected chi connectivity index (χ4v) is 3.07. The van der Waals surface area contributed by atoms with E-state index in [0.29, 0.717) is 5.56 Å². The highest BCUT2D eigenvalue weighted by atomic mass is 32.2. The summed E-state index contributed by atoms with van der Waals surface area (Å²) in [7, 11) is 7.96. The van der Waals surface area contributed by atoms with Gasteiger partial charge in [-0.1, -0.05) is 17.8 Å². The van der Waals surface area contributed by atoms with Gasteiger partial charge in [0.1, 0.15) is 0 Å². The third kappa shape index (κ3) is 3.74. The van der Waals surface area contributed by atoms with E-state index in [2.05, 4.69) is 17.0 Å². The van der Waals surface area contributed by atoms with Gasteiger partial charge in [0.15, 0.2) is 0 Å². The molecular formula is C17H21N3OS. The Kier molecular flexibility index (Phi) is 4.98. The SMILES string of the molecule is CN(C)c1cccc(Sc2cc(N(C)C)ccc2C(N)=O)c1. The number of rotatable bonds is 5. The second kappa shape index (κ2) is 6.75. The van der Waals surface area contributed by atoms with E-state index in [1.807, 2.05) is 57.4 Å². The first-order valence-electron chi connectivity index (χ1n) is 6.95. The normalized spacial score (nSPS) is 10.4. The van der Waals surface area contributed by atoms with Gasteiger partial charge in [0.05, 0.1) is 5.56 Å². The van der Waals surface area contributed by atoms with Crippen molar-refractivity contribution in [2.24, 2.45) is 5.73 Å². The van der Waals surface area contributed by atoms with Gasteiger partial charge in [0.2, 0.25) is 5.91 Å². The molecule has 2 N–H and O–H groups in total. The lowest BCUT2D eigenvalue weighted by atomic mass is 10.2. The van der Waals surface area contributed by atoms with E-state index in [1.54, 1.807) is 17.8 Å². The first-order chi connectivity index (χ1) is 10.4. The molecule has 0 saturated heterocycles. The summed E-state index contributed by atoms with van der Waals surface area (Å²) in [6.07, 6.45) is 0. The van der Waals surface area contributed by atoms with Gasteiger partial charge in [-0.3, -0.25) is 4.79 Å². The maximum atomic E-state index is 11.7. The molecule has 0 aliphatic heterocycles. The van der Waals surface area contributed by atoms with Gasteiger partial charge < -0.3 is 15.5 Å². The lowest BCUT2D eigenvalue weighted by molar-refractivity contribution is 0.0997. The van der Waals surface area contributed by atoms with Crippen LogP contribution in [0.2, 0.25) is 0 Å². The second-order valence-corrected chi connectivity index (χ2v) is 6.55. The van der Waals surface area contributed by atoms with E-state index >= 15 is 0 Å². The van der Waals surface area contributed by atoms with Crippen molar-refractivity contribution in [1.29, 1.82) is 0 Å². The number of anilines is 2. The molecule has 0 aliphatic carbocycles. The summed E-state index contributed by atoms with van der Waals surface area (Å²) in [5.41, 5.74) is 8.20. The molecule has 4 nitrogen and oxygen atoms in total. The molecule has 5 heteroatoms. The van der Waals surface area contributed by atoms with Crippen molar-refractivity contribution in [1.82, 2.24) is 0 Å². The zero-order valence-corrected chi connectivity index (χ0v) is 14.1. The fourth-order valence-electron chi connectivity index (χ4n) is 2.03. The topological polar surface area (TPSA) is 49.6 Å². The molecule has 116 valence electrons. The predicted molar refractivity (Wildman–Crippen MR) is 94.2 cm³/mol. The number of hydrogen-bond acceptors (Lipinski definition) is 4. The number of carbonyl (C=O) groups is 1. The fraction of sp³-hybridized carbons (Fsp3) is 0.235. The van der Waals surface area contributed by atoms with Gasteiger partial charge in [-0.25, -0.2) is 0 Å². The Bertz CT molecular complexity index is 683. The molecule has 22 heavy (non-hydrogen) atoms. The number of primary amides is 1. The van der Waals surface area contributed by atoms with Crippen molar-refractivity contribution in [3.63, 3.8) is 0 Å². The van der Waals surface area contributed by atoms with Gasteiger partial charge in [0, 0.05) is 49.4 Å². The van der Waals surface area contributed by atoms with Crippen LogP contribution in [-0.2, 0) is 0 Å². The van der Waals surface area contributed by atoms with Crippen LogP contribution >= 0.6 is 11.8 Å². The highest BCUT2D eigenvalue weighted by Gasteiger charge is 2.12. The van der Waals surface area contributed by atoms with E-state index < -0.39 is 5.91 Å². The molecule has 0 aliphatic rings. The highest BCUT2D eigenvalue weighted by molar-refractivity contribution is 7.99. The number of nitrogens with zero attached hydrogens (tertiary/aromatic N) is 2. The molecule has 1 amide bonds. The Hall–Kier alpha value is -2.14. The summed E-state index contributed by atoms with van der Waals surface area (Å²) in [6.45, 7) is 0. The summed E-state index contributed by atoms with van der Waals surface area (Å²) < 4.78 is 0. The molecule has 0 spiro atoms. The smallest absolute Gasteiger partial charge is 0.249 e. The molecule has 0 heterocycles. The second-order valence-electron chi connectivity index (χ2n) is 5.43. The monoisotopic (exact) mass is 315 g/mol. The van der Waals surface area contributed by atoms with Crippen LogP contribution in [0.4, 0.5) is 11.4 Å². The number of hydrogen-bond donors (Lipinski definition) is 1. The lowest BCUT2D eigenvalue weighted by Gasteiger charge is -2.16. The summed E-state index contributed by atoms with van der Waals surface area (Å²) in [5, 5.41) is 0. The molecule has 0 fully saturated rings. The quantitative estimate of drug-likeness (QED) is 0.921. The van der Waals surface area contributed by atoms with Crippen LogP contribution in [0.15, 0.2) is 52.3 Å². The molecule has 0 bridgehead atoms. The number of nitrogens with two attached hydrogens (primary N) is 1. The van der Waals surface area contributed by atoms with Crippen LogP contribution in [0, 0.1) is 0 Å². The van der Waals surface area contributed by atoms with E-state index in [0.717, 1.165) is 21.2 Å². The predicted octanol–water partition coefficient (Wildman–Crippen LogP) is 3.07. The van der Waals surface area contributed by atoms with Gasteiger partial charge in [-0.15, -0.1) is 0 Å². The van der Waals surface area contributed by atoms with E-state index in [1.165, 1.54) is 0 Å². The average Bonchev–Trinajstić information content (AvgIpc) is 2.47. The number of benzene rings is 2. The Morgan fingerprint density at radius 2 is 1.59 bits per heavy atom. The van der Waals surface area contributed by atoms with Gasteiger partial charge in [0.25, 0.3) is 0 Å². The van der Waals surface area contributed by atoms with Crippen molar-refractivity contribution < 1.29 is 4.79 Å². The van der Waals surface area contributed by atoms with Crippen LogP contribution in [0.3, 0.4) is 0 Å². The molecule has 0 saturated carbocycles. The number of carbonyl (C=O) groups excluding carboxylic acids is 1. The molecule has 0 unspecified atom stereocenters. The zero-order chi connectivity index (χ0) is 16.3. The third-order valence-corrected chi connectivity index (χ3v) is 4.36. The van der Waals surface area contributed by atoms with Crippen molar-refractivity contribution in [3.05, 3.63) is 48.0 Å². The highest BCUT2D eigenvalue weighted by Crippen LogP contribution is 2.34. The van der Waals surface area contributed by atoms with Crippen LogP contribution < -0.4 is 15.5 Å². The maximum Gasteiger partial charge on any atom is 0.249 e. The van der Waals surface area contributed by atoms with E-state index in [9.17, 15) is 4.79 Å². The maximum absolute atomic E-state index is 11.7. The zero-order valence-electron chi connectivity index (χ0n) is 13.3. The van der Waals surface area contributed by atoms with Crippen molar-refractivity contribution >= 4 is 29.0 Å². The minimum Gasteiger partial charge on any atom is -0.378 e. The standard InChI is InChI=1S/C17H21N3OS/c1-19(2)12-6-5-7-14(10-12)22-16-11-13(20(3)4)8-9-15(16)17(18)21/h5-11H,1-4H3,(H2,18,21). The first kappa shape index (κ1) is 16.2. The minimum atomic E-state index is -0.406. The van der Waals surface area contributed by atoms with Crippen molar-refractivity contribution in [2.45, 2.75) is 9.79 Å². The van der Waals surface area contributed by atoms with Crippen molar-refractivity contribution in [3.8, 4) is 0 Å². The minimum absolute atomic E-state index is 0.406.